The fourth-order valence-corrected chi connectivity index (χ4v) is 3.77. The highest BCUT2D eigenvalue weighted by Gasteiger charge is 2.12. The molecule has 0 unspecified atom stereocenters. The van der Waals surface area contributed by atoms with E-state index in [1.165, 1.54) is 21.9 Å². The van der Waals surface area contributed by atoms with E-state index in [1.54, 1.807) is 31.4 Å². The first kappa shape index (κ1) is 20.8. The molecule has 0 bridgehead atoms. The molecule has 0 aliphatic rings. The van der Waals surface area contributed by atoms with Gasteiger partial charge in [0.1, 0.15) is 16.5 Å². The number of nitrogens with zero attached hydrogens (tertiary/aromatic N) is 3. The largest absolute Gasteiger partial charge is 0.497 e. The first-order chi connectivity index (χ1) is 15.0. The van der Waals surface area contributed by atoms with Crippen molar-refractivity contribution in [3.05, 3.63) is 75.7 Å². The van der Waals surface area contributed by atoms with Gasteiger partial charge in [0.05, 0.1) is 19.3 Å². The molecule has 0 saturated carbocycles. The summed E-state index contributed by atoms with van der Waals surface area (Å²) in [6.07, 6.45) is 0. The van der Waals surface area contributed by atoms with Crippen molar-refractivity contribution < 1.29 is 14.3 Å². The van der Waals surface area contributed by atoms with Crippen LogP contribution in [0.5, 0.6) is 11.5 Å². The fraction of sp³-hybridized carbons (Fsp3) is 0.143. The normalized spacial score (nSPS) is 10.8. The summed E-state index contributed by atoms with van der Waals surface area (Å²) < 4.78 is 11.8. The number of carbonyl (C=O) groups excluding carboxylic acids is 1. The Morgan fingerprint density at radius 3 is 2.55 bits per heavy atom. The molecule has 1 N–H and O–H groups in total. The predicted octanol–water partition coefficient (Wildman–Crippen LogP) is 3.18. The Bertz CT molecular complexity index is 1270. The Kier molecular flexibility index (Phi) is 6.15. The summed E-state index contributed by atoms with van der Waals surface area (Å²) >= 11 is 7.10. The Morgan fingerprint density at radius 1 is 1.13 bits per heavy atom. The van der Waals surface area contributed by atoms with Crippen molar-refractivity contribution in [1.29, 1.82) is 0 Å². The van der Waals surface area contributed by atoms with Crippen LogP contribution in [0.2, 0.25) is 5.02 Å². The van der Waals surface area contributed by atoms with E-state index in [0.29, 0.717) is 26.4 Å². The number of hydrogen-bond acceptors (Lipinski definition) is 7. The molecule has 4 rings (SSSR count). The number of halogens is 1. The molecular weight excluding hydrogens is 440 g/mol. The standard InChI is InChI=1S/C21H17ClN4O4S/c1-29-16-6-2-13(3-7-16)20-25-26-19(28)10-15(24-21(26)31-20)11-23-18(27)12-30-17-8-4-14(22)5-9-17/h2-10H,11-12H2,1H3,(H,23,27). The van der Waals surface area contributed by atoms with Gasteiger partial charge in [-0.05, 0) is 48.5 Å². The smallest absolute Gasteiger partial charge is 0.275 e. The van der Waals surface area contributed by atoms with Gasteiger partial charge >= 0.3 is 0 Å². The first-order valence-corrected chi connectivity index (χ1v) is 10.4. The molecule has 0 radical (unpaired) electrons. The third-order valence-electron chi connectivity index (χ3n) is 4.29. The van der Waals surface area contributed by atoms with E-state index in [9.17, 15) is 9.59 Å². The van der Waals surface area contributed by atoms with Crippen LogP contribution in [0.25, 0.3) is 15.5 Å². The number of nitrogens with one attached hydrogen (secondary N) is 1. The second-order valence-electron chi connectivity index (χ2n) is 6.44. The zero-order valence-electron chi connectivity index (χ0n) is 16.4. The van der Waals surface area contributed by atoms with Crippen LogP contribution in [-0.2, 0) is 11.3 Å². The van der Waals surface area contributed by atoms with Crippen LogP contribution in [0.15, 0.2) is 59.4 Å². The minimum absolute atomic E-state index is 0.102. The summed E-state index contributed by atoms with van der Waals surface area (Å²) in [6, 6.07) is 15.4. The SMILES string of the molecule is COc1ccc(-c2nn3c(=O)cc(CNC(=O)COc4ccc(Cl)cc4)nc3s2)cc1. The highest BCUT2D eigenvalue weighted by molar-refractivity contribution is 7.19. The maximum absolute atomic E-state index is 12.4. The molecule has 8 nitrogen and oxygen atoms in total. The molecular formula is C21H17ClN4O4S. The summed E-state index contributed by atoms with van der Waals surface area (Å²) in [4.78, 5) is 29.4. The van der Waals surface area contributed by atoms with Gasteiger partial charge in [0.15, 0.2) is 6.61 Å². The van der Waals surface area contributed by atoms with Crippen LogP contribution in [0, 0.1) is 0 Å². The summed E-state index contributed by atoms with van der Waals surface area (Å²) in [7, 11) is 1.60. The minimum atomic E-state index is -0.333. The quantitative estimate of drug-likeness (QED) is 0.459. The Morgan fingerprint density at radius 2 is 1.84 bits per heavy atom. The molecule has 158 valence electrons. The van der Waals surface area contributed by atoms with Gasteiger partial charge in [0.25, 0.3) is 11.5 Å². The molecule has 2 aromatic heterocycles. The van der Waals surface area contributed by atoms with Crippen molar-refractivity contribution in [2.75, 3.05) is 13.7 Å². The third kappa shape index (κ3) is 5.01. The van der Waals surface area contributed by atoms with Gasteiger partial charge in [-0.25, -0.2) is 4.98 Å². The van der Waals surface area contributed by atoms with Crippen LogP contribution in [-0.4, -0.2) is 34.2 Å². The number of benzene rings is 2. The fourth-order valence-electron chi connectivity index (χ4n) is 2.72. The van der Waals surface area contributed by atoms with Crippen molar-refractivity contribution in [3.8, 4) is 22.1 Å². The van der Waals surface area contributed by atoms with Crippen LogP contribution in [0.4, 0.5) is 0 Å². The second kappa shape index (κ2) is 9.15. The molecule has 4 aromatic rings. The Balaban J connectivity index is 1.42. The van der Waals surface area contributed by atoms with E-state index in [0.717, 1.165) is 11.3 Å². The lowest BCUT2D eigenvalue weighted by Crippen LogP contribution is -2.29. The van der Waals surface area contributed by atoms with Gasteiger partial charge in [0, 0.05) is 16.7 Å². The maximum atomic E-state index is 12.4. The monoisotopic (exact) mass is 456 g/mol. The lowest BCUT2D eigenvalue weighted by molar-refractivity contribution is -0.123. The number of amides is 1. The molecule has 0 spiro atoms. The van der Waals surface area contributed by atoms with E-state index in [1.807, 2.05) is 24.3 Å². The molecule has 0 fully saturated rings. The molecule has 2 heterocycles. The Labute approximate surface area is 186 Å². The van der Waals surface area contributed by atoms with Crippen molar-refractivity contribution in [3.63, 3.8) is 0 Å². The average molecular weight is 457 g/mol. The summed E-state index contributed by atoms with van der Waals surface area (Å²) in [5, 5.41) is 8.28. The summed E-state index contributed by atoms with van der Waals surface area (Å²) in [5.41, 5.74) is 0.974. The number of methoxy groups -OCH3 is 1. The molecule has 31 heavy (non-hydrogen) atoms. The zero-order chi connectivity index (χ0) is 21.8. The second-order valence-corrected chi connectivity index (χ2v) is 7.83. The average Bonchev–Trinajstić information content (AvgIpc) is 3.22. The first-order valence-electron chi connectivity index (χ1n) is 9.21. The van der Waals surface area contributed by atoms with Crippen molar-refractivity contribution in [2.24, 2.45) is 0 Å². The maximum Gasteiger partial charge on any atom is 0.275 e. The predicted molar refractivity (Wildman–Crippen MR) is 118 cm³/mol. The Hall–Kier alpha value is -3.43. The number of rotatable bonds is 7. The van der Waals surface area contributed by atoms with Gasteiger partial charge in [-0.2, -0.15) is 9.61 Å². The molecule has 10 heteroatoms. The van der Waals surface area contributed by atoms with E-state index in [2.05, 4.69) is 15.4 Å². The van der Waals surface area contributed by atoms with Crippen LogP contribution < -0.4 is 20.3 Å². The molecule has 1 amide bonds. The van der Waals surface area contributed by atoms with Gasteiger partial charge in [-0.3, -0.25) is 9.59 Å². The van der Waals surface area contributed by atoms with Crippen molar-refractivity contribution >= 4 is 33.8 Å². The van der Waals surface area contributed by atoms with Gasteiger partial charge in [-0.1, -0.05) is 22.9 Å². The molecule has 0 atom stereocenters. The van der Waals surface area contributed by atoms with Crippen LogP contribution in [0.3, 0.4) is 0 Å². The van der Waals surface area contributed by atoms with Gasteiger partial charge < -0.3 is 14.8 Å². The highest BCUT2D eigenvalue weighted by atomic mass is 35.5. The topological polar surface area (TPSA) is 94.8 Å². The number of aromatic nitrogens is 3. The van der Waals surface area contributed by atoms with E-state index in [4.69, 9.17) is 21.1 Å². The van der Waals surface area contributed by atoms with Gasteiger partial charge in [0.2, 0.25) is 4.96 Å². The van der Waals surface area contributed by atoms with Crippen LogP contribution >= 0.6 is 22.9 Å². The zero-order valence-corrected chi connectivity index (χ0v) is 17.9. The van der Waals surface area contributed by atoms with Crippen molar-refractivity contribution in [2.45, 2.75) is 6.54 Å². The van der Waals surface area contributed by atoms with E-state index >= 15 is 0 Å². The summed E-state index contributed by atoms with van der Waals surface area (Å²) in [6.45, 7) is -0.0602. The summed E-state index contributed by atoms with van der Waals surface area (Å²) in [5.74, 6) is 0.937. The van der Waals surface area contributed by atoms with Gasteiger partial charge in [-0.15, -0.1) is 0 Å². The van der Waals surface area contributed by atoms with Crippen molar-refractivity contribution in [1.82, 2.24) is 19.9 Å². The van der Waals surface area contributed by atoms with E-state index < -0.39 is 0 Å². The molecule has 0 saturated heterocycles. The number of fused-ring (bicyclic) bond motifs is 1. The number of ether oxygens (including phenoxy) is 2. The highest BCUT2D eigenvalue weighted by Crippen LogP contribution is 2.26. The number of hydrogen-bond donors (Lipinski definition) is 1. The minimum Gasteiger partial charge on any atom is -0.497 e. The lowest BCUT2D eigenvalue weighted by Gasteiger charge is -2.07. The number of carbonyl (C=O) groups is 1. The molecule has 0 aliphatic carbocycles. The lowest BCUT2D eigenvalue weighted by atomic mass is 10.2. The third-order valence-corrected chi connectivity index (χ3v) is 5.49. The molecule has 0 aliphatic heterocycles. The van der Waals surface area contributed by atoms with Crippen LogP contribution in [0.1, 0.15) is 5.69 Å². The van der Waals surface area contributed by atoms with E-state index in [-0.39, 0.29) is 24.6 Å². The molecule has 2 aromatic carbocycles.